The van der Waals surface area contributed by atoms with Crippen LogP contribution in [0, 0.1) is 5.92 Å². The van der Waals surface area contributed by atoms with Crippen LogP contribution < -0.4 is 0 Å². The molecule has 1 aromatic heterocycles. The van der Waals surface area contributed by atoms with Crippen molar-refractivity contribution in [2.75, 3.05) is 0 Å². The molecular formula is C14H15ClN2O2. The second kappa shape index (κ2) is 5.31. The number of rotatable bonds is 4. The van der Waals surface area contributed by atoms with E-state index in [1.807, 2.05) is 24.3 Å². The van der Waals surface area contributed by atoms with Crippen molar-refractivity contribution in [1.29, 1.82) is 0 Å². The summed E-state index contributed by atoms with van der Waals surface area (Å²) in [5.74, 6) is 1.15. The molecule has 1 saturated carbocycles. The molecule has 1 atom stereocenters. The van der Waals surface area contributed by atoms with Gasteiger partial charge < -0.3 is 9.63 Å². The van der Waals surface area contributed by atoms with Crippen molar-refractivity contribution in [2.45, 2.75) is 31.8 Å². The van der Waals surface area contributed by atoms with Crippen LogP contribution in [0.5, 0.6) is 0 Å². The molecule has 2 aromatic rings. The summed E-state index contributed by atoms with van der Waals surface area (Å²) in [6.45, 7) is 0. The Morgan fingerprint density at radius 1 is 1.37 bits per heavy atom. The van der Waals surface area contributed by atoms with Gasteiger partial charge in [0.15, 0.2) is 5.82 Å². The van der Waals surface area contributed by atoms with Crippen LogP contribution in [0.4, 0.5) is 0 Å². The van der Waals surface area contributed by atoms with Crippen molar-refractivity contribution in [3.05, 3.63) is 46.6 Å². The van der Waals surface area contributed by atoms with Crippen molar-refractivity contribution in [2.24, 2.45) is 5.92 Å². The monoisotopic (exact) mass is 278 g/mol. The standard InChI is InChI=1S/C14H15ClN2O2/c15-11-7-2-1-4-10(11)8-12-16-14(19-17-12)13(18)9-5-3-6-9/h1-2,4,7,9,13,18H,3,5-6,8H2. The topological polar surface area (TPSA) is 59.2 Å². The van der Waals surface area contributed by atoms with Gasteiger partial charge in [0, 0.05) is 11.4 Å². The third-order valence-electron chi connectivity index (χ3n) is 3.64. The third kappa shape index (κ3) is 2.65. The van der Waals surface area contributed by atoms with Gasteiger partial charge in [-0.05, 0) is 30.4 Å². The smallest absolute Gasteiger partial charge is 0.255 e. The molecular weight excluding hydrogens is 264 g/mol. The normalized spacial score (nSPS) is 17.2. The van der Waals surface area contributed by atoms with Gasteiger partial charge in [-0.3, -0.25) is 0 Å². The molecule has 1 heterocycles. The minimum atomic E-state index is -0.624. The highest BCUT2D eigenvalue weighted by Gasteiger charge is 2.30. The number of aliphatic hydroxyl groups excluding tert-OH is 1. The van der Waals surface area contributed by atoms with Gasteiger partial charge in [-0.1, -0.05) is 41.4 Å². The number of benzene rings is 1. The Morgan fingerprint density at radius 2 is 2.16 bits per heavy atom. The molecule has 0 aliphatic heterocycles. The van der Waals surface area contributed by atoms with Crippen molar-refractivity contribution in [3.63, 3.8) is 0 Å². The van der Waals surface area contributed by atoms with Gasteiger partial charge in [0.05, 0.1) is 0 Å². The van der Waals surface area contributed by atoms with Gasteiger partial charge in [-0.15, -0.1) is 0 Å². The van der Waals surface area contributed by atoms with E-state index < -0.39 is 6.10 Å². The molecule has 100 valence electrons. The van der Waals surface area contributed by atoms with Crippen LogP contribution in [0.15, 0.2) is 28.8 Å². The van der Waals surface area contributed by atoms with E-state index in [0.717, 1.165) is 18.4 Å². The van der Waals surface area contributed by atoms with Gasteiger partial charge >= 0.3 is 0 Å². The maximum Gasteiger partial charge on any atom is 0.255 e. The molecule has 1 aliphatic carbocycles. The van der Waals surface area contributed by atoms with E-state index in [0.29, 0.717) is 23.2 Å². The van der Waals surface area contributed by atoms with Gasteiger partial charge in [-0.2, -0.15) is 4.98 Å². The van der Waals surface area contributed by atoms with Gasteiger partial charge in [0.1, 0.15) is 6.10 Å². The molecule has 19 heavy (non-hydrogen) atoms. The summed E-state index contributed by atoms with van der Waals surface area (Å²) >= 11 is 6.09. The Balaban J connectivity index is 1.72. The lowest BCUT2D eigenvalue weighted by Crippen LogP contribution is -2.20. The molecule has 0 radical (unpaired) electrons. The summed E-state index contributed by atoms with van der Waals surface area (Å²) in [7, 11) is 0. The summed E-state index contributed by atoms with van der Waals surface area (Å²) in [5.41, 5.74) is 0.953. The number of aromatic nitrogens is 2. The fourth-order valence-electron chi connectivity index (χ4n) is 2.23. The first kappa shape index (κ1) is 12.6. The summed E-state index contributed by atoms with van der Waals surface area (Å²) in [6, 6.07) is 7.57. The third-order valence-corrected chi connectivity index (χ3v) is 4.01. The highest BCUT2D eigenvalue weighted by Crippen LogP contribution is 2.36. The molecule has 1 fully saturated rings. The number of halogens is 1. The Labute approximate surface area is 116 Å². The Hall–Kier alpha value is -1.39. The minimum absolute atomic E-state index is 0.272. The van der Waals surface area contributed by atoms with E-state index >= 15 is 0 Å². The largest absolute Gasteiger partial charge is 0.383 e. The molecule has 1 unspecified atom stereocenters. The zero-order valence-electron chi connectivity index (χ0n) is 10.4. The Morgan fingerprint density at radius 3 is 2.84 bits per heavy atom. The van der Waals surface area contributed by atoms with Crippen molar-refractivity contribution in [1.82, 2.24) is 10.1 Å². The van der Waals surface area contributed by atoms with E-state index in [-0.39, 0.29) is 5.92 Å². The second-order valence-corrected chi connectivity index (χ2v) is 5.36. The first-order valence-corrected chi connectivity index (χ1v) is 6.86. The lowest BCUT2D eigenvalue weighted by molar-refractivity contribution is 0.0354. The lowest BCUT2D eigenvalue weighted by atomic mass is 9.81. The highest BCUT2D eigenvalue weighted by molar-refractivity contribution is 6.31. The van der Waals surface area contributed by atoms with Crippen molar-refractivity contribution < 1.29 is 9.63 Å². The van der Waals surface area contributed by atoms with Gasteiger partial charge in [0.2, 0.25) is 0 Å². The molecule has 0 bridgehead atoms. The van der Waals surface area contributed by atoms with Crippen LogP contribution in [0.2, 0.25) is 5.02 Å². The Bertz CT molecular complexity index is 566. The summed E-state index contributed by atoms with van der Waals surface area (Å²) in [4.78, 5) is 4.26. The SMILES string of the molecule is OC(c1nc(Cc2ccccc2Cl)no1)C1CCC1. The molecule has 1 aromatic carbocycles. The summed E-state index contributed by atoms with van der Waals surface area (Å²) in [5, 5.41) is 14.6. The first-order valence-electron chi connectivity index (χ1n) is 6.48. The maximum absolute atomic E-state index is 10.1. The van der Waals surface area contributed by atoms with E-state index in [1.54, 1.807) is 0 Å². The molecule has 4 nitrogen and oxygen atoms in total. The second-order valence-electron chi connectivity index (χ2n) is 4.95. The molecule has 0 spiro atoms. The minimum Gasteiger partial charge on any atom is -0.383 e. The fourth-order valence-corrected chi connectivity index (χ4v) is 2.43. The van der Waals surface area contributed by atoms with Crippen molar-refractivity contribution >= 4 is 11.6 Å². The van der Waals surface area contributed by atoms with E-state index in [9.17, 15) is 5.11 Å². The molecule has 1 N–H and O–H groups in total. The highest BCUT2D eigenvalue weighted by atomic mass is 35.5. The van der Waals surface area contributed by atoms with E-state index in [4.69, 9.17) is 16.1 Å². The summed E-state index contributed by atoms with van der Waals surface area (Å²) in [6.07, 6.45) is 3.12. The molecule has 1 aliphatic rings. The number of nitrogens with zero attached hydrogens (tertiary/aromatic N) is 2. The van der Waals surface area contributed by atoms with E-state index in [1.165, 1.54) is 6.42 Å². The van der Waals surface area contributed by atoms with Crippen LogP contribution in [0.1, 0.15) is 42.6 Å². The van der Waals surface area contributed by atoms with Gasteiger partial charge in [0.25, 0.3) is 5.89 Å². The molecule has 0 saturated heterocycles. The molecule has 5 heteroatoms. The fraction of sp³-hybridized carbons (Fsp3) is 0.429. The van der Waals surface area contributed by atoms with Crippen LogP contribution in [0.3, 0.4) is 0 Å². The quantitative estimate of drug-likeness (QED) is 0.933. The zero-order valence-corrected chi connectivity index (χ0v) is 11.2. The Kier molecular flexibility index (Phi) is 3.53. The summed E-state index contributed by atoms with van der Waals surface area (Å²) < 4.78 is 5.14. The molecule has 0 amide bonds. The lowest BCUT2D eigenvalue weighted by Gasteiger charge is -2.27. The average Bonchev–Trinajstić information content (AvgIpc) is 2.78. The van der Waals surface area contributed by atoms with Crippen LogP contribution in [-0.4, -0.2) is 15.2 Å². The van der Waals surface area contributed by atoms with Crippen molar-refractivity contribution in [3.8, 4) is 0 Å². The first-order chi connectivity index (χ1) is 9.24. The van der Waals surface area contributed by atoms with Crippen LogP contribution in [-0.2, 0) is 6.42 Å². The maximum atomic E-state index is 10.1. The van der Waals surface area contributed by atoms with Gasteiger partial charge in [-0.25, -0.2) is 0 Å². The van der Waals surface area contributed by atoms with Crippen LogP contribution in [0.25, 0.3) is 0 Å². The number of hydrogen-bond donors (Lipinski definition) is 1. The average molecular weight is 279 g/mol. The van der Waals surface area contributed by atoms with Crippen LogP contribution >= 0.6 is 11.6 Å². The zero-order chi connectivity index (χ0) is 13.2. The predicted octanol–water partition coefficient (Wildman–Crippen LogP) is 3.15. The molecule has 3 rings (SSSR count). The number of hydrogen-bond acceptors (Lipinski definition) is 4. The number of aliphatic hydroxyl groups is 1. The predicted molar refractivity (Wildman–Crippen MR) is 70.9 cm³/mol. The van der Waals surface area contributed by atoms with E-state index in [2.05, 4.69) is 10.1 Å².